The molecule has 1 aromatic heterocycles. The third kappa shape index (κ3) is 4.24. The molecule has 0 aliphatic carbocycles. The Balaban J connectivity index is 2.59. The van der Waals surface area contributed by atoms with E-state index in [0.29, 0.717) is 30.0 Å². The van der Waals surface area contributed by atoms with E-state index in [2.05, 4.69) is 15.0 Å². The number of nitrogens with zero attached hydrogens (tertiary/aromatic N) is 1. The van der Waals surface area contributed by atoms with Crippen molar-refractivity contribution in [1.82, 2.24) is 4.98 Å². The summed E-state index contributed by atoms with van der Waals surface area (Å²) in [5.74, 6) is -1.02. The molecule has 2 N–H and O–H groups in total. The van der Waals surface area contributed by atoms with Gasteiger partial charge in [-0.05, 0) is 25.5 Å². The van der Waals surface area contributed by atoms with Crippen molar-refractivity contribution in [3.63, 3.8) is 0 Å². The molecule has 6 heteroatoms. The van der Waals surface area contributed by atoms with Gasteiger partial charge in [0.05, 0.1) is 24.3 Å². The Hall–Kier alpha value is -2.11. The number of esters is 1. The summed E-state index contributed by atoms with van der Waals surface area (Å²) in [6, 6.07) is 3.31. The molecule has 104 valence electrons. The van der Waals surface area contributed by atoms with Crippen LogP contribution in [-0.4, -0.2) is 35.7 Å². The number of carboxylic acids is 1. The van der Waals surface area contributed by atoms with Gasteiger partial charge in [-0.15, -0.1) is 0 Å². The number of hydrogen-bond donors (Lipinski definition) is 2. The number of anilines is 1. The van der Waals surface area contributed by atoms with E-state index in [9.17, 15) is 9.59 Å². The van der Waals surface area contributed by atoms with Gasteiger partial charge in [-0.1, -0.05) is 6.92 Å². The summed E-state index contributed by atoms with van der Waals surface area (Å²) in [6.45, 7) is 3.89. The van der Waals surface area contributed by atoms with Gasteiger partial charge in [0.1, 0.15) is 5.82 Å². The number of carbonyl (C=O) groups is 2. The lowest BCUT2D eigenvalue weighted by Crippen LogP contribution is -2.15. The number of aryl methyl sites for hydroxylation is 1. The molecule has 0 saturated carbocycles. The van der Waals surface area contributed by atoms with Crippen LogP contribution in [0.15, 0.2) is 12.1 Å². The molecule has 1 rings (SSSR count). The highest BCUT2D eigenvalue weighted by Gasteiger charge is 2.12. The summed E-state index contributed by atoms with van der Waals surface area (Å²) < 4.78 is 4.63. The number of aromatic nitrogens is 1. The number of hydrogen-bond acceptors (Lipinski definition) is 5. The lowest BCUT2D eigenvalue weighted by molar-refractivity contribution is -0.141. The molecule has 0 aliphatic heterocycles. The van der Waals surface area contributed by atoms with Crippen LogP contribution >= 0.6 is 0 Å². The Morgan fingerprint density at radius 1 is 1.47 bits per heavy atom. The molecule has 0 spiro atoms. The van der Waals surface area contributed by atoms with Crippen LogP contribution in [0.3, 0.4) is 0 Å². The summed E-state index contributed by atoms with van der Waals surface area (Å²) >= 11 is 0. The smallest absolute Gasteiger partial charge is 0.339 e. The van der Waals surface area contributed by atoms with Crippen molar-refractivity contribution in [2.75, 3.05) is 19.0 Å². The van der Waals surface area contributed by atoms with E-state index in [-0.39, 0.29) is 0 Å². The molecule has 0 saturated heterocycles. The average Bonchev–Trinajstić information content (AvgIpc) is 2.37. The van der Waals surface area contributed by atoms with E-state index < -0.39 is 17.9 Å². The SMILES string of the molecule is COC(=O)c1ccc(NCCC(C)C(=O)O)nc1C. The van der Waals surface area contributed by atoms with Crippen molar-refractivity contribution in [3.8, 4) is 0 Å². The standard InChI is InChI=1S/C13H18N2O4/c1-8(12(16)17)6-7-14-11-5-4-10(9(2)15-11)13(18)19-3/h4-5,8H,6-7H2,1-3H3,(H,14,15)(H,16,17). The van der Waals surface area contributed by atoms with Crippen molar-refractivity contribution in [3.05, 3.63) is 23.4 Å². The molecule has 19 heavy (non-hydrogen) atoms. The van der Waals surface area contributed by atoms with Crippen LogP contribution in [0, 0.1) is 12.8 Å². The zero-order valence-electron chi connectivity index (χ0n) is 11.3. The zero-order valence-corrected chi connectivity index (χ0v) is 11.3. The van der Waals surface area contributed by atoms with Crippen LogP contribution in [0.5, 0.6) is 0 Å². The van der Waals surface area contributed by atoms with Crippen molar-refractivity contribution in [2.24, 2.45) is 5.92 Å². The maximum Gasteiger partial charge on any atom is 0.339 e. The Bertz CT molecular complexity index is 474. The van der Waals surface area contributed by atoms with E-state index in [0.717, 1.165) is 0 Å². The number of carbonyl (C=O) groups excluding carboxylic acids is 1. The molecule has 6 nitrogen and oxygen atoms in total. The molecule has 0 aromatic carbocycles. The minimum Gasteiger partial charge on any atom is -0.481 e. The van der Waals surface area contributed by atoms with Crippen molar-refractivity contribution < 1.29 is 19.4 Å². The van der Waals surface area contributed by atoms with Crippen molar-refractivity contribution >= 4 is 17.8 Å². The maximum atomic E-state index is 11.4. The van der Waals surface area contributed by atoms with E-state index in [4.69, 9.17) is 5.11 Å². The van der Waals surface area contributed by atoms with Crippen molar-refractivity contribution in [2.45, 2.75) is 20.3 Å². The minimum atomic E-state index is -0.813. The summed E-state index contributed by atoms with van der Waals surface area (Å²) in [5.41, 5.74) is 0.995. The predicted octanol–water partition coefficient (Wildman–Crippen LogP) is 1.70. The fraction of sp³-hybridized carbons (Fsp3) is 0.462. The van der Waals surface area contributed by atoms with Gasteiger partial charge in [0, 0.05) is 6.54 Å². The van der Waals surface area contributed by atoms with Gasteiger partial charge in [0.25, 0.3) is 0 Å². The Morgan fingerprint density at radius 2 is 2.16 bits per heavy atom. The molecule has 1 atom stereocenters. The largest absolute Gasteiger partial charge is 0.481 e. The van der Waals surface area contributed by atoms with Crippen LogP contribution in [0.1, 0.15) is 29.4 Å². The second kappa shape index (κ2) is 6.72. The molecule has 1 unspecified atom stereocenters. The minimum absolute atomic E-state index is 0.400. The lowest BCUT2D eigenvalue weighted by atomic mass is 10.1. The summed E-state index contributed by atoms with van der Waals surface area (Å²) in [4.78, 5) is 26.3. The molecule has 0 radical (unpaired) electrons. The monoisotopic (exact) mass is 266 g/mol. The van der Waals surface area contributed by atoms with Crippen LogP contribution in [0.2, 0.25) is 0 Å². The third-order valence-electron chi connectivity index (χ3n) is 2.80. The first-order chi connectivity index (χ1) is 8.95. The van der Waals surface area contributed by atoms with Gasteiger partial charge in [-0.3, -0.25) is 4.79 Å². The number of carboxylic acid groups (broad SMARTS) is 1. The Kier molecular flexibility index (Phi) is 5.29. The van der Waals surface area contributed by atoms with Crippen LogP contribution in [0.25, 0.3) is 0 Å². The average molecular weight is 266 g/mol. The zero-order chi connectivity index (χ0) is 14.4. The van der Waals surface area contributed by atoms with Gasteiger partial charge in [0.15, 0.2) is 0 Å². The van der Waals surface area contributed by atoms with Crippen LogP contribution in [0.4, 0.5) is 5.82 Å². The summed E-state index contributed by atoms with van der Waals surface area (Å²) in [5, 5.41) is 11.8. The normalized spacial score (nSPS) is 11.7. The number of ether oxygens (including phenoxy) is 1. The third-order valence-corrected chi connectivity index (χ3v) is 2.80. The van der Waals surface area contributed by atoms with Gasteiger partial charge in [-0.2, -0.15) is 0 Å². The number of aliphatic carboxylic acids is 1. The quantitative estimate of drug-likeness (QED) is 0.762. The van der Waals surface area contributed by atoms with E-state index in [1.807, 2.05) is 0 Å². The van der Waals surface area contributed by atoms with E-state index >= 15 is 0 Å². The second-order valence-electron chi connectivity index (χ2n) is 4.28. The van der Waals surface area contributed by atoms with E-state index in [1.165, 1.54) is 7.11 Å². The lowest BCUT2D eigenvalue weighted by Gasteiger charge is -2.10. The van der Waals surface area contributed by atoms with Crippen LogP contribution < -0.4 is 5.32 Å². The van der Waals surface area contributed by atoms with E-state index in [1.54, 1.807) is 26.0 Å². The fourth-order valence-corrected chi connectivity index (χ4v) is 1.53. The van der Waals surface area contributed by atoms with Gasteiger partial charge >= 0.3 is 11.9 Å². The first kappa shape index (κ1) is 14.9. The molecule has 1 aromatic rings. The van der Waals surface area contributed by atoms with Gasteiger partial charge in [0.2, 0.25) is 0 Å². The Morgan fingerprint density at radius 3 is 2.68 bits per heavy atom. The molecule has 0 amide bonds. The highest BCUT2D eigenvalue weighted by atomic mass is 16.5. The molecule has 0 bridgehead atoms. The number of methoxy groups -OCH3 is 1. The highest BCUT2D eigenvalue weighted by molar-refractivity contribution is 5.90. The molecular weight excluding hydrogens is 248 g/mol. The van der Waals surface area contributed by atoms with Gasteiger partial charge in [-0.25, -0.2) is 9.78 Å². The Labute approximate surface area is 111 Å². The topological polar surface area (TPSA) is 88.5 Å². The maximum absolute atomic E-state index is 11.4. The summed E-state index contributed by atoms with van der Waals surface area (Å²) in [7, 11) is 1.32. The fourth-order valence-electron chi connectivity index (χ4n) is 1.53. The number of rotatable bonds is 6. The van der Waals surface area contributed by atoms with Crippen molar-refractivity contribution in [1.29, 1.82) is 0 Å². The van der Waals surface area contributed by atoms with Gasteiger partial charge < -0.3 is 15.2 Å². The first-order valence-corrected chi connectivity index (χ1v) is 5.98. The molecule has 0 aliphatic rings. The number of nitrogens with one attached hydrogen (secondary N) is 1. The first-order valence-electron chi connectivity index (χ1n) is 5.98. The highest BCUT2D eigenvalue weighted by Crippen LogP contribution is 2.12. The molecule has 1 heterocycles. The molecule has 0 fully saturated rings. The predicted molar refractivity (Wildman–Crippen MR) is 70.2 cm³/mol. The number of pyridine rings is 1. The molecular formula is C13H18N2O4. The second-order valence-corrected chi connectivity index (χ2v) is 4.28. The summed E-state index contributed by atoms with van der Waals surface area (Å²) in [6.07, 6.45) is 0.509. The van der Waals surface area contributed by atoms with Crippen LogP contribution in [-0.2, 0) is 9.53 Å².